The molecule has 3 aromatic carbocycles. The van der Waals surface area contributed by atoms with Crippen molar-refractivity contribution in [3.05, 3.63) is 76.1 Å². The van der Waals surface area contributed by atoms with E-state index in [1.807, 2.05) is 0 Å². The summed E-state index contributed by atoms with van der Waals surface area (Å²) in [6, 6.07) is 11.6. The Labute approximate surface area is 218 Å². The van der Waals surface area contributed by atoms with Gasteiger partial charge in [0.1, 0.15) is 5.82 Å². The normalized spacial score (nSPS) is 16.6. The lowest BCUT2D eigenvalue weighted by atomic mass is 9.79. The van der Waals surface area contributed by atoms with E-state index in [9.17, 15) is 14.0 Å². The molecule has 0 fully saturated rings. The molecule has 0 saturated carbocycles. The molecule has 2 amide bonds. The van der Waals surface area contributed by atoms with Crippen LogP contribution in [0.3, 0.4) is 0 Å². The summed E-state index contributed by atoms with van der Waals surface area (Å²) in [7, 11) is 7.59. The van der Waals surface area contributed by atoms with Crippen LogP contribution in [0.15, 0.2) is 48.5 Å². The van der Waals surface area contributed by atoms with E-state index in [0.717, 1.165) is 0 Å². The maximum atomic E-state index is 13.9. The monoisotopic (exact) mass is 528 g/mol. The lowest BCUT2D eigenvalue weighted by molar-refractivity contribution is -0.119. The zero-order chi connectivity index (χ0) is 26.9. The summed E-state index contributed by atoms with van der Waals surface area (Å²) in [6.45, 7) is 0. The molecular weight excluding hydrogens is 503 g/mol. The van der Waals surface area contributed by atoms with Crippen LogP contribution in [-0.4, -0.2) is 52.2 Å². The number of ether oxygens (including phenoxy) is 4. The van der Waals surface area contributed by atoms with Crippen LogP contribution in [-0.2, 0) is 4.79 Å². The van der Waals surface area contributed by atoms with E-state index >= 15 is 0 Å². The van der Waals surface area contributed by atoms with Crippen LogP contribution in [0, 0.1) is 5.82 Å². The largest absolute Gasteiger partial charge is 0.493 e. The summed E-state index contributed by atoms with van der Waals surface area (Å²) in [6.07, 6.45) is 0. The van der Waals surface area contributed by atoms with Crippen LogP contribution in [0.25, 0.3) is 0 Å². The molecule has 0 radical (unpaired) electrons. The van der Waals surface area contributed by atoms with Crippen molar-refractivity contribution in [1.29, 1.82) is 0 Å². The SMILES string of the molecule is COc1ccc(C2C(C(=O)Nc3ccc(F)c(Cl)c3)c3cc(OC)c(OC)cc3C(=O)N2C)cc1OC. The van der Waals surface area contributed by atoms with Gasteiger partial charge in [-0.2, -0.15) is 0 Å². The Bertz CT molecular complexity index is 1360. The van der Waals surface area contributed by atoms with E-state index in [2.05, 4.69) is 5.32 Å². The van der Waals surface area contributed by atoms with E-state index < -0.39 is 23.7 Å². The van der Waals surface area contributed by atoms with Crippen molar-refractivity contribution in [2.45, 2.75) is 12.0 Å². The number of methoxy groups -OCH3 is 4. The minimum Gasteiger partial charge on any atom is -0.493 e. The summed E-state index contributed by atoms with van der Waals surface area (Å²) < 4.78 is 35.4. The van der Waals surface area contributed by atoms with Crippen LogP contribution < -0.4 is 24.3 Å². The molecule has 0 bridgehead atoms. The molecule has 2 atom stereocenters. The Morgan fingerprint density at radius 1 is 0.892 bits per heavy atom. The Hall–Kier alpha value is -3.98. The second kappa shape index (κ2) is 10.6. The number of nitrogens with one attached hydrogen (secondary N) is 1. The number of likely N-dealkylation sites (N-methyl/N-ethyl adjacent to an activating group) is 1. The third kappa shape index (κ3) is 4.74. The molecule has 194 valence electrons. The third-order valence-corrected chi connectivity index (χ3v) is 6.68. The average molecular weight is 529 g/mol. The molecule has 8 nitrogen and oxygen atoms in total. The number of fused-ring (bicyclic) bond motifs is 1. The summed E-state index contributed by atoms with van der Waals surface area (Å²) in [5, 5.41) is 2.69. The van der Waals surface area contributed by atoms with Gasteiger partial charge in [0.15, 0.2) is 23.0 Å². The number of hydrogen-bond acceptors (Lipinski definition) is 6. The van der Waals surface area contributed by atoms with Gasteiger partial charge in [0.05, 0.1) is 45.4 Å². The minimum absolute atomic E-state index is 0.128. The number of anilines is 1. The van der Waals surface area contributed by atoms with Crippen LogP contribution in [0.5, 0.6) is 23.0 Å². The number of benzene rings is 3. The number of nitrogens with zero attached hydrogens (tertiary/aromatic N) is 1. The summed E-state index contributed by atoms with van der Waals surface area (Å²) >= 11 is 5.93. The molecule has 3 aromatic rings. The first-order valence-electron chi connectivity index (χ1n) is 11.2. The van der Waals surface area contributed by atoms with Gasteiger partial charge in [0, 0.05) is 18.3 Å². The summed E-state index contributed by atoms with van der Waals surface area (Å²) in [5.41, 5.74) is 1.70. The van der Waals surface area contributed by atoms with Crippen molar-refractivity contribution < 1.29 is 32.9 Å². The summed E-state index contributed by atoms with van der Waals surface area (Å²) in [5.74, 6) is -0.551. The van der Waals surface area contributed by atoms with Crippen LogP contribution in [0.1, 0.15) is 33.4 Å². The van der Waals surface area contributed by atoms with Gasteiger partial charge in [0.25, 0.3) is 5.91 Å². The fourth-order valence-electron chi connectivity index (χ4n) is 4.58. The van der Waals surface area contributed by atoms with Gasteiger partial charge in [0.2, 0.25) is 5.91 Å². The van der Waals surface area contributed by atoms with E-state index in [1.54, 1.807) is 37.4 Å². The Balaban J connectivity index is 1.90. The fraction of sp³-hybridized carbons (Fsp3) is 0.259. The van der Waals surface area contributed by atoms with Crippen molar-refractivity contribution in [2.75, 3.05) is 40.8 Å². The van der Waals surface area contributed by atoms with Crippen LogP contribution in [0.4, 0.5) is 10.1 Å². The number of carbonyl (C=O) groups is 2. The van der Waals surface area contributed by atoms with E-state index in [-0.39, 0.29) is 10.9 Å². The highest BCUT2D eigenvalue weighted by Gasteiger charge is 2.44. The van der Waals surface area contributed by atoms with Crippen molar-refractivity contribution in [3.63, 3.8) is 0 Å². The highest BCUT2D eigenvalue weighted by atomic mass is 35.5. The Kier molecular flexibility index (Phi) is 7.45. The van der Waals surface area contributed by atoms with Gasteiger partial charge < -0.3 is 29.2 Å². The van der Waals surface area contributed by atoms with Gasteiger partial charge in [-0.25, -0.2) is 4.39 Å². The highest BCUT2D eigenvalue weighted by Crippen LogP contribution is 2.47. The number of hydrogen-bond donors (Lipinski definition) is 1. The molecule has 0 aliphatic carbocycles. The van der Waals surface area contributed by atoms with E-state index in [0.29, 0.717) is 45.4 Å². The van der Waals surface area contributed by atoms with Crippen LogP contribution in [0.2, 0.25) is 5.02 Å². The first-order chi connectivity index (χ1) is 17.7. The molecule has 2 unspecified atom stereocenters. The molecule has 0 spiro atoms. The van der Waals surface area contributed by atoms with Gasteiger partial charge in [-0.1, -0.05) is 17.7 Å². The van der Waals surface area contributed by atoms with Crippen molar-refractivity contribution in [2.24, 2.45) is 0 Å². The predicted octanol–water partition coefficient (Wildman–Crippen LogP) is 5.06. The van der Waals surface area contributed by atoms with Gasteiger partial charge in [-0.05, 0) is 53.6 Å². The molecule has 10 heteroatoms. The molecule has 1 heterocycles. The molecule has 37 heavy (non-hydrogen) atoms. The molecule has 4 rings (SSSR count). The number of amides is 2. The smallest absolute Gasteiger partial charge is 0.254 e. The molecule has 1 aliphatic rings. The number of rotatable bonds is 7. The Morgan fingerprint density at radius 2 is 1.51 bits per heavy atom. The first-order valence-corrected chi connectivity index (χ1v) is 11.6. The first kappa shape index (κ1) is 26.1. The second-order valence-electron chi connectivity index (χ2n) is 8.37. The zero-order valence-electron chi connectivity index (χ0n) is 20.9. The topological polar surface area (TPSA) is 86.3 Å². The van der Waals surface area contributed by atoms with Gasteiger partial charge >= 0.3 is 0 Å². The molecule has 0 aromatic heterocycles. The molecule has 1 N–H and O–H groups in total. The van der Waals surface area contributed by atoms with Crippen LogP contribution >= 0.6 is 11.6 Å². The Morgan fingerprint density at radius 3 is 2.14 bits per heavy atom. The highest BCUT2D eigenvalue weighted by molar-refractivity contribution is 6.31. The summed E-state index contributed by atoms with van der Waals surface area (Å²) in [4.78, 5) is 28.9. The van der Waals surface area contributed by atoms with Crippen molar-refractivity contribution in [1.82, 2.24) is 4.90 Å². The molecular formula is C27H26ClFN2O6. The zero-order valence-corrected chi connectivity index (χ0v) is 21.7. The van der Waals surface area contributed by atoms with Crippen molar-refractivity contribution >= 4 is 29.1 Å². The average Bonchev–Trinajstić information content (AvgIpc) is 2.91. The van der Waals surface area contributed by atoms with E-state index in [4.69, 9.17) is 30.5 Å². The third-order valence-electron chi connectivity index (χ3n) is 6.39. The maximum Gasteiger partial charge on any atom is 0.254 e. The lowest BCUT2D eigenvalue weighted by Gasteiger charge is -2.40. The predicted molar refractivity (Wildman–Crippen MR) is 137 cm³/mol. The number of carbonyl (C=O) groups excluding carboxylic acids is 2. The molecule has 1 aliphatic heterocycles. The van der Waals surface area contributed by atoms with Crippen molar-refractivity contribution in [3.8, 4) is 23.0 Å². The number of halogens is 2. The second-order valence-corrected chi connectivity index (χ2v) is 8.77. The van der Waals surface area contributed by atoms with Gasteiger partial charge in [-0.15, -0.1) is 0 Å². The minimum atomic E-state index is -0.889. The lowest BCUT2D eigenvalue weighted by Crippen LogP contribution is -2.44. The standard InChI is InChI=1S/C27H26ClFN2O6/c1-31-25(14-6-9-20(34-2)21(10-14)35-3)24(26(32)30-15-7-8-19(29)18(28)11-15)16-12-22(36-4)23(37-5)13-17(16)27(31)33/h6-13,24-25H,1-5H3,(H,30,32). The quantitative estimate of drug-likeness (QED) is 0.461. The molecule has 0 saturated heterocycles. The fourth-order valence-corrected chi connectivity index (χ4v) is 4.76. The van der Waals surface area contributed by atoms with E-state index in [1.165, 1.54) is 51.5 Å². The maximum absolute atomic E-state index is 13.9. The van der Waals surface area contributed by atoms with Gasteiger partial charge in [-0.3, -0.25) is 9.59 Å².